The molecule has 1 amide bonds. The normalized spacial score (nSPS) is 23.9. The second-order valence-electron chi connectivity index (χ2n) is 12.7. The zero-order valence-corrected chi connectivity index (χ0v) is 26.0. The molecule has 1 aromatic heterocycles. The number of rotatable bonds is 9. The predicted octanol–water partition coefficient (Wildman–Crippen LogP) is 4.83. The van der Waals surface area contributed by atoms with E-state index in [1.54, 1.807) is 4.90 Å². The summed E-state index contributed by atoms with van der Waals surface area (Å²) in [7, 11) is 2.20. The van der Waals surface area contributed by atoms with E-state index < -0.39 is 0 Å². The van der Waals surface area contributed by atoms with E-state index in [1.807, 2.05) is 12.1 Å². The lowest BCUT2D eigenvalue weighted by atomic mass is 9.49. The lowest BCUT2D eigenvalue weighted by molar-refractivity contribution is -0.135. The minimum Gasteiger partial charge on any atom is -0.462 e. The van der Waals surface area contributed by atoms with E-state index in [4.69, 9.17) is 32.9 Å². The van der Waals surface area contributed by atoms with Gasteiger partial charge in [-0.05, 0) is 62.2 Å². The van der Waals surface area contributed by atoms with Crippen molar-refractivity contribution < 1.29 is 9.53 Å². The molecule has 3 aromatic rings. The molecule has 0 N–H and O–H groups in total. The number of benzene rings is 2. The van der Waals surface area contributed by atoms with Crippen molar-refractivity contribution in [1.29, 1.82) is 0 Å². The molecule has 2 bridgehead atoms. The number of aromatic nitrogens is 2. The van der Waals surface area contributed by atoms with Crippen molar-refractivity contribution in [3.63, 3.8) is 0 Å². The maximum atomic E-state index is 12.6. The third-order valence-electron chi connectivity index (χ3n) is 10.2. The minimum absolute atomic E-state index is 0.135. The van der Waals surface area contributed by atoms with E-state index in [0.717, 1.165) is 64.0 Å². The van der Waals surface area contributed by atoms with Crippen LogP contribution < -0.4 is 14.5 Å². The van der Waals surface area contributed by atoms with Crippen molar-refractivity contribution in [3.8, 4) is 6.01 Å². The first-order chi connectivity index (χ1) is 21.4. The van der Waals surface area contributed by atoms with Crippen LogP contribution in [0, 0.1) is 12.5 Å². The molecule has 4 fully saturated rings. The van der Waals surface area contributed by atoms with Gasteiger partial charge in [-0.15, -0.1) is 0 Å². The average molecular weight is 612 g/mol. The molecule has 0 spiro atoms. The molecule has 0 unspecified atom stereocenters. The highest BCUT2D eigenvalue weighted by atomic mass is 35.5. The number of hydrogen-bond acceptors (Lipinski definition) is 7. The molecule has 8 rings (SSSR count). The fourth-order valence-corrected chi connectivity index (χ4v) is 7.87. The van der Waals surface area contributed by atoms with Gasteiger partial charge in [-0.2, -0.15) is 9.97 Å². The van der Waals surface area contributed by atoms with Crippen LogP contribution in [-0.2, 0) is 17.8 Å². The van der Waals surface area contributed by atoms with E-state index in [9.17, 15) is 4.79 Å². The summed E-state index contributed by atoms with van der Waals surface area (Å²) in [4.78, 5) is 35.0. The van der Waals surface area contributed by atoms with E-state index in [1.165, 1.54) is 25.3 Å². The maximum Gasteiger partial charge on any atom is 0.318 e. The Morgan fingerprint density at radius 3 is 2.70 bits per heavy atom. The number of amides is 1. The van der Waals surface area contributed by atoms with Crippen molar-refractivity contribution in [2.24, 2.45) is 5.92 Å². The zero-order chi connectivity index (χ0) is 30.4. The molecular weight excluding hydrogens is 574 g/mol. The van der Waals surface area contributed by atoms with Crippen LogP contribution in [0.5, 0.6) is 6.01 Å². The predicted molar refractivity (Wildman–Crippen MR) is 173 cm³/mol. The Morgan fingerprint density at radius 1 is 1.18 bits per heavy atom. The number of nitrogens with zero attached hydrogens (tertiary/aromatic N) is 7. The zero-order valence-electron chi connectivity index (χ0n) is 25.2. The van der Waals surface area contributed by atoms with Crippen LogP contribution in [0.3, 0.4) is 0 Å². The number of likely N-dealkylation sites (N-methyl/N-ethyl adjacent to an activating group) is 1. The first kappa shape index (κ1) is 28.9. The molecule has 9 nitrogen and oxygen atoms in total. The van der Waals surface area contributed by atoms with Crippen molar-refractivity contribution in [1.82, 2.24) is 19.8 Å². The highest BCUT2D eigenvalue weighted by Gasteiger charge is 2.58. The Bertz CT molecular complexity index is 1630. The Kier molecular flexibility index (Phi) is 7.59. The summed E-state index contributed by atoms with van der Waals surface area (Å²) in [6, 6.07) is 12.5. The second kappa shape index (κ2) is 11.6. The quantitative estimate of drug-likeness (QED) is 0.254. The first-order valence-corrected chi connectivity index (χ1v) is 15.9. The van der Waals surface area contributed by atoms with E-state index >= 15 is 0 Å². The third-order valence-corrected chi connectivity index (χ3v) is 10.5. The highest BCUT2D eigenvalue weighted by molar-refractivity contribution is 6.36. The molecule has 1 atom stereocenters. The number of carbonyl (C=O) groups excluding carboxylic acids is 1. The lowest BCUT2D eigenvalue weighted by Crippen LogP contribution is -2.67. The van der Waals surface area contributed by atoms with Crippen molar-refractivity contribution in [2.75, 3.05) is 62.7 Å². The molecule has 2 aromatic carbocycles. The number of halogens is 1. The third kappa shape index (κ3) is 5.04. The van der Waals surface area contributed by atoms with Crippen LogP contribution in [0.1, 0.15) is 30.5 Å². The fourth-order valence-electron chi connectivity index (χ4n) is 7.59. The highest BCUT2D eigenvalue weighted by Crippen LogP contribution is 2.60. The maximum absolute atomic E-state index is 12.6. The van der Waals surface area contributed by atoms with Crippen LogP contribution in [0.4, 0.5) is 11.5 Å². The molecule has 3 saturated carbocycles. The van der Waals surface area contributed by atoms with Gasteiger partial charge < -0.3 is 24.3 Å². The van der Waals surface area contributed by atoms with Gasteiger partial charge >= 0.3 is 6.01 Å². The largest absolute Gasteiger partial charge is 0.462 e. The molecule has 3 heterocycles. The van der Waals surface area contributed by atoms with Gasteiger partial charge in [0, 0.05) is 54.9 Å². The molecule has 1 saturated heterocycles. The van der Waals surface area contributed by atoms with Crippen molar-refractivity contribution in [3.05, 3.63) is 76.8 Å². The van der Waals surface area contributed by atoms with Crippen LogP contribution in [0.25, 0.3) is 15.6 Å². The number of fused-ring (bicyclic) bond motifs is 2. The van der Waals surface area contributed by atoms with Gasteiger partial charge in [0.1, 0.15) is 18.5 Å². The van der Waals surface area contributed by atoms with Gasteiger partial charge in [0.25, 0.3) is 0 Å². The van der Waals surface area contributed by atoms with E-state index in [-0.39, 0.29) is 18.5 Å². The Hall–Kier alpha value is -3.87. The molecule has 0 radical (unpaired) electrons. The molecule has 5 aliphatic rings. The molecular formula is C34H38ClN7O2. The summed E-state index contributed by atoms with van der Waals surface area (Å²) in [6.45, 7) is 15.8. The van der Waals surface area contributed by atoms with Crippen LogP contribution in [0.2, 0.25) is 5.02 Å². The number of hydrogen-bond donors (Lipinski definition) is 0. The first-order valence-electron chi connectivity index (χ1n) is 15.6. The molecule has 3 aliphatic carbocycles. The monoisotopic (exact) mass is 611 g/mol. The van der Waals surface area contributed by atoms with Gasteiger partial charge in [0.15, 0.2) is 0 Å². The van der Waals surface area contributed by atoms with E-state index in [2.05, 4.69) is 57.4 Å². The smallest absolute Gasteiger partial charge is 0.318 e. The molecule has 2 aliphatic heterocycles. The minimum atomic E-state index is -0.235. The van der Waals surface area contributed by atoms with Gasteiger partial charge in [0.05, 0.1) is 17.3 Å². The van der Waals surface area contributed by atoms with Crippen molar-refractivity contribution >= 4 is 39.8 Å². The Balaban J connectivity index is 1.18. The number of ether oxygens (including phenoxy) is 1. The van der Waals surface area contributed by atoms with E-state index in [0.29, 0.717) is 44.3 Å². The Labute approximate surface area is 263 Å². The van der Waals surface area contributed by atoms with Gasteiger partial charge in [0.2, 0.25) is 12.5 Å². The summed E-state index contributed by atoms with van der Waals surface area (Å²) in [5, 5.41) is 2.90. The fraction of sp³-hybridized carbons (Fsp3) is 0.471. The van der Waals surface area contributed by atoms with Crippen LogP contribution in [0.15, 0.2) is 49.1 Å². The summed E-state index contributed by atoms with van der Waals surface area (Å²) in [5.74, 6) is 1.65. The summed E-state index contributed by atoms with van der Waals surface area (Å²) in [5.41, 5.74) is 3.53. The summed E-state index contributed by atoms with van der Waals surface area (Å²) < 4.78 is 6.28. The standard InChI is InChI=1S/C34H38ClN7O2/c1-4-30(43)42-14-13-41(21-25(42)20-36-2)32-26-11-12-40(29-10-6-8-24-7-5-9-27(35)31(24)29)22-28(26)37-33(38-32)44-16-15-39(3)34-17-23(18-34)19-34/h4-10,23,25H,1,11-22H2,3H3/t23?,25-,34?/m0/s1. The number of carbonyl (C=O) groups is 1. The Morgan fingerprint density at radius 2 is 1.98 bits per heavy atom. The average Bonchev–Trinajstić information content (AvgIpc) is 2.98. The second-order valence-corrected chi connectivity index (χ2v) is 13.1. The SMILES string of the molecule is [C-]#[N+]C[C@H]1CN(c2nc(OCCN(C)C34CC(C3)C4)nc3c2CCN(c2cccc4cccc(Cl)c24)C3)CCN1C(=O)C=C. The lowest BCUT2D eigenvalue weighted by Gasteiger charge is -2.66. The molecule has 228 valence electrons. The molecule has 10 heteroatoms. The summed E-state index contributed by atoms with van der Waals surface area (Å²) >= 11 is 6.71. The number of anilines is 2. The van der Waals surface area contributed by atoms with Crippen molar-refractivity contribution in [2.45, 2.75) is 43.8 Å². The van der Waals surface area contributed by atoms with Gasteiger partial charge in [-0.3, -0.25) is 9.69 Å². The topological polar surface area (TPSA) is 69.4 Å². The van der Waals surface area contributed by atoms with Gasteiger partial charge in [-0.1, -0.05) is 42.4 Å². The van der Waals surface area contributed by atoms with Crippen LogP contribution in [-0.4, -0.2) is 90.2 Å². The molecule has 44 heavy (non-hydrogen) atoms. The van der Waals surface area contributed by atoms with Gasteiger partial charge in [-0.25, -0.2) is 6.57 Å². The van der Waals surface area contributed by atoms with Crippen LogP contribution >= 0.6 is 11.6 Å². The number of piperazine rings is 1. The summed E-state index contributed by atoms with van der Waals surface area (Å²) in [6.07, 6.45) is 6.02.